The Bertz CT molecular complexity index is 963. The number of hydrogen-bond donors (Lipinski definition) is 2. The monoisotopic (exact) mass is 368 g/mol. The number of fused-ring (bicyclic) bond motifs is 1. The number of carbonyl (C=O) groups is 1. The van der Waals surface area contributed by atoms with E-state index in [2.05, 4.69) is 20.6 Å². The highest BCUT2D eigenvalue weighted by atomic mass is 35.5. The van der Waals surface area contributed by atoms with Crippen molar-refractivity contribution in [1.29, 1.82) is 0 Å². The van der Waals surface area contributed by atoms with Gasteiger partial charge in [0.1, 0.15) is 0 Å². The van der Waals surface area contributed by atoms with Crippen LogP contribution in [0.15, 0.2) is 54.9 Å². The van der Waals surface area contributed by atoms with E-state index in [1.54, 1.807) is 36.4 Å². The Labute approximate surface area is 154 Å². The van der Waals surface area contributed by atoms with E-state index >= 15 is 0 Å². The van der Waals surface area contributed by atoms with Crippen LogP contribution >= 0.6 is 11.6 Å². The highest BCUT2D eigenvalue weighted by molar-refractivity contribution is 6.33. The molecule has 0 aliphatic carbocycles. The Morgan fingerprint density at radius 3 is 2.62 bits per heavy atom. The maximum atomic E-state index is 12.3. The maximum Gasteiger partial charge on any atom is 0.258 e. The number of nitrogens with zero attached hydrogens (tertiary/aromatic N) is 2. The summed E-state index contributed by atoms with van der Waals surface area (Å²) in [6.07, 6.45) is 2.88. The number of anilines is 3. The smallest absolute Gasteiger partial charge is 0.258 e. The van der Waals surface area contributed by atoms with Crippen LogP contribution in [0.1, 0.15) is 10.4 Å². The third kappa shape index (κ3) is 3.38. The molecule has 0 bridgehead atoms. The number of rotatable bonds is 4. The summed E-state index contributed by atoms with van der Waals surface area (Å²) in [6, 6.07) is 12.4. The normalized spacial score (nSPS) is 11.9. The Morgan fingerprint density at radius 1 is 1.04 bits per heavy atom. The summed E-state index contributed by atoms with van der Waals surface area (Å²) in [5.41, 5.74) is 1.60. The molecule has 3 aromatic rings. The van der Waals surface area contributed by atoms with E-state index in [1.165, 1.54) is 12.4 Å². The van der Waals surface area contributed by atoms with E-state index in [0.29, 0.717) is 33.7 Å². The molecule has 8 heteroatoms. The fourth-order valence-electron chi connectivity index (χ4n) is 2.37. The van der Waals surface area contributed by atoms with Gasteiger partial charge in [-0.15, -0.1) is 0 Å². The van der Waals surface area contributed by atoms with Crippen molar-refractivity contribution in [3.63, 3.8) is 0 Å². The molecule has 0 fully saturated rings. The van der Waals surface area contributed by atoms with Gasteiger partial charge < -0.3 is 20.1 Å². The van der Waals surface area contributed by atoms with Crippen LogP contribution in [-0.2, 0) is 0 Å². The summed E-state index contributed by atoms with van der Waals surface area (Å²) < 4.78 is 10.6. The van der Waals surface area contributed by atoms with Gasteiger partial charge in [0.25, 0.3) is 5.91 Å². The molecule has 1 aromatic heterocycles. The number of nitrogens with one attached hydrogen (secondary N) is 2. The van der Waals surface area contributed by atoms with Gasteiger partial charge in [-0.1, -0.05) is 23.7 Å². The molecule has 1 aliphatic rings. The van der Waals surface area contributed by atoms with Crippen molar-refractivity contribution in [2.45, 2.75) is 0 Å². The van der Waals surface area contributed by atoms with Crippen LogP contribution in [0.2, 0.25) is 5.02 Å². The standard InChI is InChI=1S/C18H13ClN4O3/c19-13-3-1-2-4-14(13)23-17(24)11-8-20-18(21-9-11)22-12-5-6-15-16(7-12)26-10-25-15/h1-9H,10H2,(H,23,24)(H,20,21,22). The summed E-state index contributed by atoms with van der Waals surface area (Å²) in [7, 11) is 0. The largest absolute Gasteiger partial charge is 0.454 e. The molecule has 2 heterocycles. The lowest BCUT2D eigenvalue weighted by Crippen LogP contribution is -2.13. The lowest BCUT2D eigenvalue weighted by molar-refractivity contribution is 0.102. The first-order valence-electron chi connectivity index (χ1n) is 7.74. The van der Waals surface area contributed by atoms with Crippen LogP contribution in [0.4, 0.5) is 17.3 Å². The SMILES string of the molecule is O=C(Nc1ccccc1Cl)c1cnc(Nc2ccc3c(c2)OCO3)nc1. The summed E-state index contributed by atoms with van der Waals surface area (Å²) in [5, 5.41) is 6.23. The van der Waals surface area contributed by atoms with E-state index in [4.69, 9.17) is 21.1 Å². The fraction of sp³-hybridized carbons (Fsp3) is 0.0556. The molecule has 0 spiro atoms. The zero-order valence-electron chi connectivity index (χ0n) is 13.4. The van der Waals surface area contributed by atoms with E-state index in [-0.39, 0.29) is 12.7 Å². The number of benzene rings is 2. The zero-order valence-corrected chi connectivity index (χ0v) is 14.2. The number of aromatic nitrogens is 2. The van der Waals surface area contributed by atoms with Crippen molar-refractivity contribution < 1.29 is 14.3 Å². The average Bonchev–Trinajstić information content (AvgIpc) is 3.12. The lowest BCUT2D eigenvalue weighted by Gasteiger charge is -2.08. The zero-order chi connectivity index (χ0) is 17.9. The van der Waals surface area contributed by atoms with Crippen molar-refractivity contribution in [1.82, 2.24) is 9.97 Å². The summed E-state index contributed by atoms with van der Waals surface area (Å²) in [6.45, 7) is 0.213. The molecule has 130 valence electrons. The third-order valence-corrected chi connectivity index (χ3v) is 3.99. The second kappa shape index (κ2) is 6.89. The van der Waals surface area contributed by atoms with E-state index < -0.39 is 0 Å². The highest BCUT2D eigenvalue weighted by Crippen LogP contribution is 2.34. The van der Waals surface area contributed by atoms with E-state index in [1.807, 2.05) is 6.07 Å². The van der Waals surface area contributed by atoms with Gasteiger partial charge in [0.2, 0.25) is 12.7 Å². The molecule has 0 saturated carbocycles. The van der Waals surface area contributed by atoms with Gasteiger partial charge in [-0.3, -0.25) is 4.79 Å². The van der Waals surface area contributed by atoms with Crippen molar-refractivity contribution in [3.8, 4) is 11.5 Å². The minimum absolute atomic E-state index is 0.213. The van der Waals surface area contributed by atoms with Crippen molar-refractivity contribution >= 4 is 34.8 Å². The Balaban J connectivity index is 1.45. The van der Waals surface area contributed by atoms with Crippen LogP contribution in [0.25, 0.3) is 0 Å². The van der Waals surface area contributed by atoms with Gasteiger partial charge in [-0.2, -0.15) is 0 Å². The molecule has 7 nitrogen and oxygen atoms in total. The Kier molecular flexibility index (Phi) is 4.28. The highest BCUT2D eigenvalue weighted by Gasteiger charge is 2.14. The molecular weight excluding hydrogens is 356 g/mol. The number of halogens is 1. The fourth-order valence-corrected chi connectivity index (χ4v) is 2.55. The van der Waals surface area contributed by atoms with Gasteiger partial charge in [-0.05, 0) is 24.3 Å². The Morgan fingerprint density at radius 2 is 1.81 bits per heavy atom. The van der Waals surface area contributed by atoms with Crippen LogP contribution in [0.5, 0.6) is 11.5 Å². The number of ether oxygens (including phenoxy) is 2. The summed E-state index contributed by atoms with van der Waals surface area (Å²) in [5.74, 6) is 1.37. The Hall–Kier alpha value is -3.32. The molecule has 2 N–H and O–H groups in total. The third-order valence-electron chi connectivity index (χ3n) is 3.66. The number of carbonyl (C=O) groups excluding carboxylic acids is 1. The number of para-hydroxylation sites is 1. The minimum atomic E-state index is -0.340. The number of amides is 1. The predicted octanol–water partition coefficient (Wildman–Crippen LogP) is 3.85. The van der Waals surface area contributed by atoms with Crippen LogP contribution in [0.3, 0.4) is 0 Å². The summed E-state index contributed by atoms with van der Waals surface area (Å²) >= 11 is 6.04. The van der Waals surface area contributed by atoms with Crippen LogP contribution < -0.4 is 20.1 Å². The first-order valence-corrected chi connectivity index (χ1v) is 8.11. The first-order chi connectivity index (χ1) is 12.7. The topological polar surface area (TPSA) is 85.4 Å². The molecular formula is C18H13ClN4O3. The molecule has 0 atom stereocenters. The predicted molar refractivity (Wildman–Crippen MR) is 97.3 cm³/mol. The van der Waals surface area contributed by atoms with E-state index in [9.17, 15) is 4.79 Å². The van der Waals surface area contributed by atoms with E-state index in [0.717, 1.165) is 5.69 Å². The molecule has 1 aliphatic heterocycles. The second-order valence-electron chi connectivity index (χ2n) is 5.42. The molecule has 1 amide bonds. The molecule has 0 radical (unpaired) electrons. The average molecular weight is 369 g/mol. The van der Waals surface area contributed by atoms with Crippen molar-refractivity contribution in [2.24, 2.45) is 0 Å². The van der Waals surface area contributed by atoms with Crippen molar-refractivity contribution in [2.75, 3.05) is 17.4 Å². The summed E-state index contributed by atoms with van der Waals surface area (Å²) in [4.78, 5) is 20.6. The lowest BCUT2D eigenvalue weighted by atomic mass is 10.2. The second-order valence-corrected chi connectivity index (χ2v) is 5.83. The minimum Gasteiger partial charge on any atom is -0.454 e. The quantitative estimate of drug-likeness (QED) is 0.727. The van der Waals surface area contributed by atoms with Gasteiger partial charge in [0.15, 0.2) is 11.5 Å². The van der Waals surface area contributed by atoms with Gasteiger partial charge in [-0.25, -0.2) is 9.97 Å². The molecule has 0 unspecified atom stereocenters. The molecule has 2 aromatic carbocycles. The van der Waals surface area contributed by atoms with Crippen LogP contribution in [-0.4, -0.2) is 22.7 Å². The molecule has 4 rings (SSSR count). The molecule has 0 saturated heterocycles. The number of hydrogen-bond acceptors (Lipinski definition) is 6. The molecule has 26 heavy (non-hydrogen) atoms. The van der Waals surface area contributed by atoms with Gasteiger partial charge in [0, 0.05) is 24.1 Å². The van der Waals surface area contributed by atoms with Crippen molar-refractivity contribution in [3.05, 3.63) is 65.4 Å². The first kappa shape index (κ1) is 16.2. The van der Waals surface area contributed by atoms with Gasteiger partial charge in [0.05, 0.1) is 16.3 Å². The maximum absolute atomic E-state index is 12.3. The van der Waals surface area contributed by atoms with Crippen LogP contribution in [0, 0.1) is 0 Å². The van der Waals surface area contributed by atoms with Gasteiger partial charge >= 0.3 is 0 Å².